The maximum Gasteiger partial charge on any atom is 0.282 e. The van der Waals surface area contributed by atoms with Gasteiger partial charge >= 0.3 is 0 Å². The van der Waals surface area contributed by atoms with Gasteiger partial charge in [0.25, 0.3) is 11.8 Å². The van der Waals surface area contributed by atoms with Crippen LogP contribution in [0.5, 0.6) is 0 Å². The van der Waals surface area contributed by atoms with E-state index in [1.807, 2.05) is 0 Å². The number of hydrogen-bond donors (Lipinski definition) is 0. The predicted octanol–water partition coefficient (Wildman–Crippen LogP) is 0.643. The summed E-state index contributed by atoms with van der Waals surface area (Å²) in [5.41, 5.74) is 0. The van der Waals surface area contributed by atoms with E-state index in [1.54, 1.807) is 0 Å². The first-order valence-electron chi connectivity index (χ1n) is 4.37. The van der Waals surface area contributed by atoms with Crippen molar-refractivity contribution in [1.82, 2.24) is 4.90 Å². The van der Waals surface area contributed by atoms with Crippen LogP contribution in [0.2, 0.25) is 0 Å². The van der Waals surface area contributed by atoms with E-state index in [4.69, 9.17) is 4.74 Å². The number of ether oxygens (including phenoxy) is 1. The molecule has 0 aromatic heterocycles. The molecule has 0 aromatic carbocycles. The molecular formula is C8H11F2NO2. The van der Waals surface area contributed by atoms with Gasteiger partial charge in [-0.25, -0.2) is 8.78 Å². The zero-order valence-corrected chi connectivity index (χ0v) is 7.13. The highest BCUT2D eigenvalue weighted by atomic mass is 19.3. The lowest BCUT2D eigenvalue weighted by atomic mass is 10.1. The summed E-state index contributed by atoms with van der Waals surface area (Å²) in [6, 6.07) is 0. The van der Waals surface area contributed by atoms with Crippen molar-refractivity contribution in [2.45, 2.75) is 24.9 Å². The Kier molecular flexibility index (Phi) is 1.98. The van der Waals surface area contributed by atoms with E-state index in [2.05, 4.69) is 0 Å². The first-order chi connectivity index (χ1) is 6.08. The summed E-state index contributed by atoms with van der Waals surface area (Å²) >= 11 is 0. The van der Waals surface area contributed by atoms with Crippen LogP contribution in [0.3, 0.4) is 0 Å². The zero-order valence-electron chi connectivity index (χ0n) is 7.13. The van der Waals surface area contributed by atoms with Crippen molar-refractivity contribution < 1.29 is 18.3 Å². The quantitative estimate of drug-likeness (QED) is 0.608. The van der Waals surface area contributed by atoms with Crippen molar-refractivity contribution in [2.75, 3.05) is 19.7 Å². The molecule has 2 rings (SSSR count). The van der Waals surface area contributed by atoms with Crippen LogP contribution in [0, 0.1) is 0 Å². The number of carbonyl (C=O) groups excluding carboxylic acids is 1. The summed E-state index contributed by atoms with van der Waals surface area (Å²) in [7, 11) is 0. The number of carbonyl (C=O) groups is 1. The maximum atomic E-state index is 12.4. The molecule has 13 heavy (non-hydrogen) atoms. The second-order valence-electron chi connectivity index (χ2n) is 3.55. The largest absolute Gasteiger partial charge is 0.368 e. The van der Waals surface area contributed by atoms with Crippen LogP contribution in [0.25, 0.3) is 0 Å². The molecule has 0 unspecified atom stereocenters. The first kappa shape index (κ1) is 8.87. The summed E-state index contributed by atoms with van der Waals surface area (Å²) in [5.74, 6) is -2.95. The van der Waals surface area contributed by atoms with Crippen LogP contribution in [-0.4, -0.2) is 42.5 Å². The van der Waals surface area contributed by atoms with Crippen molar-refractivity contribution in [3.63, 3.8) is 0 Å². The number of likely N-dealkylation sites (tertiary alicyclic amines) is 1. The second-order valence-corrected chi connectivity index (χ2v) is 3.55. The average molecular weight is 191 g/mol. The summed E-state index contributed by atoms with van der Waals surface area (Å²) in [6.07, 6.45) is 1.05. The van der Waals surface area contributed by atoms with Gasteiger partial charge in [0.1, 0.15) is 6.10 Å². The summed E-state index contributed by atoms with van der Waals surface area (Å²) in [4.78, 5) is 12.5. The second kappa shape index (κ2) is 2.90. The van der Waals surface area contributed by atoms with Crippen LogP contribution >= 0.6 is 0 Å². The molecule has 1 amide bonds. The highest BCUT2D eigenvalue weighted by molar-refractivity contribution is 5.82. The Morgan fingerprint density at radius 1 is 1.46 bits per heavy atom. The molecule has 0 spiro atoms. The van der Waals surface area contributed by atoms with Gasteiger partial charge in [0.05, 0.1) is 13.1 Å². The van der Waals surface area contributed by atoms with Gasteiger partial charge in [-0.15, -0.1) is 0 Å². The number of rotatable bonds is 1. The van der Waals surface area contributed by atoms with Crippen molar-refractivity contribution in [3.05, 3.63) is 0 Å². The normalized spacial score (nSPS) is 31.5. The molecule has 2 saturated heterocycles. The lowest BCUT2D eigenvalue weighted by molar-refractivity contribution is -0.173. The van der Waals surface area contributed by atoms with Crippen molar-refractivity contribution in [1.29, 1.82) is 0 Å². The molecule has 0 saturated carbocycles. The van der Waals surface area contributed by atoms with Crippen molar-refractivity contribution in [3.8, 4) is 0 Å². The lowest BCUT2D eigenvalue weighted by Crippen LogP contribution is -2.60. The molecule has 0 N–H and O–H groups in total. The molecule has 2 fully saturated rings. The smallest absolute Gasteiger partial charge is 0.282 e. The van der Waals surface area contributed by atoms with Gasteiger partial charge in [-0.2, -0.15) is 0 Å². The van der Waals surface area contributed by atoms with E-state index >= 15 is 0 Å². The molecule has 1 atom stereocenters. The van der Waals surface area contributed by atoms with Gasteiger partial charge in [0.2, 0.25) is 0 Å². The van der Waals surface area contributed by atoms with Gasteiger partial charge in [0, 0.05) is 6.61 Å². The van der Waals surface area contributed by atoms with Crippen LogP contribution in [0.15, 0.2) is 0 Å². The highest BCUT2D eigenvalue weighted by Gasteiger charge is 2.48. The Morgan fingerprint density at radius 2 is 2.15 bits per heavy atom. The molecule has 0 bridgehead atoms. The number of halogens is 2. The summed E-state index contributed by atoms with van der Waals surface area (Å²) in [6.45, 7) is -0.308. The Balaban J connectivity index is 1.85. The molecule has 0 aliphatic carbocycles. The molecular weight excluding hydrogens is 180 g/mol. The molecule has 2 aliphatic heterocycles. The average Bonchev–Trinajstić information content (AvgIpc) is 2.50. The molecule has 74 valence electrons. The Labute approximate surface area is 74.6 Å². The maximum absolute atomic E-state index is 12.4. The van der Waals surface area contributed by atoms with Crippen LogP contribution < -0.4 is 0 Å². The van der Waals surface area contributed by atoms with E-state index in [-0.39, 0.29) is 5.91 Å². The minimum atomic E-state index is -2.67. The lowest BCUT2D eigenvalue weighted by Gasteiger charge is -2.39. The Bertz CT molecular complexity index is 218. The predicted molar refractivity (Wildman–Crippen MR) is 40.5 cm³/mol. The molecule has 5 heteroatoms. The van der Waals surface area contributed by atoms with Crippen molar-refractivity contribution in [2.24, 2.45) is 0 Å². The number of alkyl halides is 2. The SMILES string of the molecule is O=C([C@H]1CCCO1)N1CC(F)(F)C1. The third-order valence-corrected chi connectivity index (χ3v) is 2.36. The summed E-state index contributed by atoms with van der Waals surface area (Å²) < 4.78 is 29.9. The minimum absolute atomic E-state index is 0.275. The van der Waals surface area contributed by atoms with E-state index in [0.717, 1.165) is 11.3 Å². The molecule has 0 aromatic rings. The standard InChI is InChI=1S/C8H11F2NO2/c9-8(10)4-11(5-8)7(12)6-2-1-3-13-6/h6H,1-5H2/t6-/m1/s1. The molecule has 2 heterocycles. The molecule has 2 aliphatic rings. The van der Waals surface area contributed by atoms with Crippen molar-refractivity contribution >= 4 is 5.91 Å². The van der Waals surface area contributed by atoms with Gasteiger partial charge in [-0.05, 0) is 12.8 Å². The molecule has 0 radical (unpaired) electrons. The monoisotopic (exact) mass is 191 g/mol. The van der Waals surface area contributed by atoms with Gasteiger partial charge in [-0.1, -0.05) is 0 Å². The Hall–Kier alpha value is -0.710. The Morgan fingerprint density at radius 3 is 2.62 bits per heavy atom. The van der Waals surface area contributed by atoms with E-state index < -0.39 is 25.1 Å². The first-order valence-corrected chi connectivity index (χ1v) is 4.37. The fourth-order valence-corrected chi connectivity index (χ4v) is 1.64. The topological polar surface area (TPSA) is 29.5 Å². The fourth-order valence-electron chi connectivity index (χ4n) is 1.64. The number of nitrogens with zero attached hydrogens (tertiary/aromatic N) is 1. The van der Waals surface area contributed by atoms with Crippen LogP contribution in [-0.2, 0) is 9.53 Å². The minimum Gasteiger partial charge on any atom is -0.368 e. The van der Waals surface area contributed by atoms with Gasteiger partial charge in [-0.3, -0.25) is 4.79 Å². The number of amides is 1. The van der Waals surface area contributed by atoms with Crippen LogP contribution in [0.4, 0.5) is 8.78 Å². The van der Waals surface area contributed by atoms with E-state index in [1.165, 1.54) is 0 Å². The van der Waals surface area contributed by atoms with E-state index in [0.29, 0.717) is 13.0 Å². The van der Waals surface area contributed by atoms with E-state index in [9.17, 15) is 13.6 Å². The fraction of sp³-hybridized carbons (Fsp3) is 0.875. The van der Waals surface area contributed by atoms with Crippen LogP contribution in [0.1, 0.15) is 12.8 Å². The highest BCUT2D eigenvalue weighted by Crippen LogP contribution is 2.28. The zero-order chi connectivity index (χ0) is 9.47. The van der Waals surface area contributed by atoms with Gasteiger partial charge in [0.15, 0.2) is 0 Å². The third kappa shape index (κ3) is 1.65. The molecule has 3 nitrogen and oxygen atoms in total. The summed E-state index contributed by atoms with van der Waals surface area (Å²) in [5, 5.41) is 0. The third-order valence-electron chi connectivity index (χ3n) is 2.36. The number of hydrogen-bond acceptors (Lipinski definition) is 2. The van der Waals surface area contributed by atoms with Gasteiger partial charge < -0.3 is 9.64 Å².